The van der Waals surface area contributed by atoms with Crippen molar-refractivity contribution in [1.29, 1.82) is 0 Å². The first-order chi connectivity index (χ1) is 26.8. The minimum Gasteiger partial charge on any atom is -0.279 e. The van der Waals surface area contributed by atoms with Crippen molar-refractivity contribution in [3.05, 3.63) is 205 Å². The van der Waals surface area contributed by atoms with Crippen molar-refractivity contribution in [3.63, 3.8) is 0 Å². The minimum atomic E-state index is -0.200. The second-order valence-electron chi connectivity index (χ2n) is 14.5. The summed E-state index contributed by atoms with van der Waals surface area (Å²) in [4.78, 5) is 0. The van der Waals surface area contributed by atoms with Crippen LogP contribution in [0.15, 0.2) is 188 Å². The average Bonchev–Trinajstić information content (AvgIpc) is 3.24. The van der Waals surface area contributed by atoms with E-state index in [1.165, 1.54) is 92.5 Å². The molecule has 0 aliphatic carbocycles. The molecule has 2 atom stereocenters. The molecule has 3 heteroatoms. The van der Waals surface area contributed by atoms with Gasteiger partial charge >= 0.3 is 0 Å². The monoisotopic (exact) mass is 691 g/mol. The van der Waals surface area contributed by atoms with Crippen molar-refractivity contribution in [2.45, 2.75) is 18.5 Å². The summed E-state index contributed by atoms with van der Waals surface area (Å²) in [6.07, 6.45) is -0.578. The van der Waals surface area contributed by atoms with Crippen molar-refractivity contribution in [2.24, 2.45) is 0 Å². The van der Waals surface area contributed by atoms with E-state index in [0.717, 1.165) is 0 Å². The van der Waals surface area contributed by atoms with Gasteiger partial charge in [0.15, 0.2) is 0 Å². The largest absolute Gasteiger partial charge is 0.279 e. The second-order valence-corrected chi connectivity index (χ2v) is 14.5. The van der Waals surface area contributed by atoms with Gasteiger partial charge in [-0.25, -0.2) is 0 Å². The van der Waals surface area contributed by atoms with Gasteiger partial charge < -0.3 is 0 Å². The van der Waals surface area contributed by atoms with Crippen LogP contribution in [0, 0.1) is 0 Å². The molecule has 1 heterocycles. The molecular formula is C51H37N3. The zero-order valence-electron chi connectivity index (χ0n) is 29.6. The lowest BCUT2D eigenvalue weighted by Crippen LogP contribution is -2.54. The lowest BCUT2D eigenvalue weighted by atomic mass is 9.89. The fraction of sp³-hybridized carbons (Fsp3) is 0.0588. The van der Waals surface area contributed by atoms with Gasteiger partial charge in [-0.2, -0.15) is 0 Å². The van der Waals surface area contributed by atoms with Crippen LogP contribution in [-0.2, 0) is 0 Å². The van der Waals surface area contributed by atoms with Crippen LogP contribution in [-0.4, -0.2) is 0 Å². The van der Waals surface area contributed by atoms with Crippen LogP contribution >= 0.6 is 0 Å². The molecule has 0 radical (unpaired) electrons. The predicted molar refractivity (Wildman–Crippen MR) is 227 cm³/mol. The van der Waals surface area contributed by atoms with Gasteiger partial charge in [-0.3, -0.25) is 16.0 Å². The average molecular weight is 692 g/mol. The quantitative estimate of drug-likeness (QED) is 0.127. The SMILES string of the molecule is c1ccc(-c2ccccc2C2NC(c3c4ccccc4cc4c3ccc3ccccc34)NC(c3c4ccccc4cc4c3ccc3ccccc34)N2)cc1. The molecule has 1 aliphatic heterocycles. The Morgan fingerprint density at radius 1 is 0.278 bits per heavy atom. The molecule has 11 rings (SSSR count). The number of fused-ring (bicyclic) bond motifs is 8. The Hall–Kier alpha value is -6.36. The second kappa shape index (κ2) is 12.6. The Labute approximate surface area is 313 Å². The highest BCUT2D eigenvalue weighted by molar-refractivity contribution is 6.15. The van der Waals surface area contributed by atoms with Gasteiger partial charge in [0.1, 0.15) is 0 Å². The Balaban J connectivity index is 1.19. The third-order valence-electron chi connectivity index (χ3n) is 11.6. The summed E-state index contributed by atoms with van der Waals surface area (Å²) in [5.74, 6) is 0. The van der Waals surface area contributed by atoms with Crippen LogP contribution in [0.1, 0.15) is 35.2 Å². The summed E-state index contributed by atoms with van der Waals surface area (Å²) in [7, 11) is 0. The van der Waals surface area contributed by atoms with E-state index in [2.05, 4.69) is 204 Å². The van der Waals surface area contributed by atoms with Crippen molar-refractivity contribution >= 4 is 64.6 Å². The Morgan fingerprint density at radius 3 is 1.26 bits per heavy atom. The number of rotatable bonds is 4. The van der Waals surface area contributed by atoms with Crippen molar-refractivity contribution in [3.8, 4) is 11.1 Å². The Bertz CT molecular complexity index is 2890. The van der Waals surface area contributed by atoms with Gasteiger partial charge in [-0.15, -0.1) is 0 Å². The maximum Gasteiger partial charge on any atom is 0.0876 e. The molecule has 0 spiro atoms. The summed E-state index contributed by atoms with van der Waals surface area (Å²) >= 11 is 0. The summed E-state index contributed by atoms with van der Waals surface area (Å²) in [6.45, 7) is 0. The maximum atomic E-state index is 4.19. The molecule has 2 unspecified atom stereocenters. The molecule has 1 fully saturated rings. The molecule has 1 aliphatic rings. The van der Waals surface area contributed by atoms with E-state index in [-0.39, 0.29) is 18.5 Å². The van der Waals surface area contributed by atoms with Crippen LogP contribution in [0.5, 0.6) is 0 Å². The lowest BCUT2D eigenvalue weighted by molar-refractivity contribution is 0.207. The number of hydrogen-bond acceptors (Lipinski definition) is 3. The van der Waals surface area contributed by atoms with Gasteiger partial charge in [0, 0.05) is 0 Å². The van der Waals surface area contributed by atoms with Crippen LogP contribution in [0.4, 0.5) is 0 Å². The number of hydrogen-bond donors (Lipinski definition) is 3. The van der Waals surface area contributed by atoms with E-state index >= 15 is 0 Å². The molecule has 0 aromatic heterocycles. The highest BCUT2D eigenvalue weighted by atomic mass is 15.4. The first kappa shape index (κ1) is 31.2. The smallest absolute Gasteiger partial charge is 0.0876 e. The molecular weight excluding hydrogens is 655 g/mol. The molecule has 256 valence electrons. The molecule has 0 amide bonds. The maximum absolute atomic E-state index is 4.19. The van der Waals surface area contributed by atoms with Crippen molar-refractivity contribution in [2.75, 3.05) is 0 Å². The van der Waals surface area contributed by atoms with Gasteiger partial charge in [0.25, 0.3) is 0 Å². The minimum absolute atomic E-state index is 0.179. The van der Waals surface area contributed by atoms with E-state index in [9.17, 15) is 0 Å². The highest BCUT2D eigenvalue weighted by Gasteiger charge is 2.34. The Kier molecular flexibility index (Phi) is 7.31. The van der Waals surface area contributed by atoms with E-state index in [1.54, 1.807) is 0 Å². The third-order valence-corrected chi connectivity index (χ3v) is 11.6. The number of benzene rings is 10. The highest BCUT2D eigenvalue weighted by Crippen LogP contribution is 2.42. The van der Waals surface area contributed by atoms with E-state index in [4.69, 9.17) is 0 Å². The lowest BCUT2D eigenvalue weighted by Gasteiger charge is -2.41. The molecule has 1 saturated heterocycles. The fourth-order valence-electron chi connectivity index (χ4n) is 9.12. The van der Waals surface area contributed by atoms with Crippen LogP contribution in [0.3, 0.4) is 0 Å². The zero-order valence-corrected chi connectivity index (χ0v) is 29.6. The zero-order chi connectivity index (χ0) is 35.6. The van der Waals surface area contributed by atoms with Crippen LogP contribution in [0.25, 0.3) is 75.8 Å². The third kappa shape index (κ3) is 5.02. The van der Waals surface area contributed by atoms with Gasteiger partial charge in [0.05, 0.1) is 18.5 Å². The molecule has 10 aromatic rings. The van der Waals surface area contributed by atoms with Gasteiger partial charge in [0.2, 0.25) is 0 Å². The molecule has 54 heavy (non-hydrogen) atoms. The van der Waals surface area contributed by atoms with Crippen LogP contribution < -0.4 is 16.0 Å². The normalized spacial score (nSPS) is 17.6. The van der Waals surface area contributed by atoms with Crippen molar-refractivity contribution in [1.82, 2.24) is 16.0 Å². The van der Waals surface area contributed by atoms with E-state index in [0.29, 0.717) is 0 Å². The van der Waals surface area contributed by atoms with Crippen molar-refractivity contribution < 1.29 is 0 Å². The van der Waals surface area contributed by atoms with Crippen LogP contribution in [0.2, 0.25) is 0 Å². The molecule has 10 aromatic carbocycles. The van der Waals surface area contributed by atoms with E-state index in [1.807, 2.05) is 0 Å². The van der Waals surface area contributed by atoms with Gasteiger partial charge in [-0.05, 0) is 105 Å². The number of nitrogens with one attached hydrogen (secondary N) is 3. The van der Waals surface area contributed by atoms with Gasteiger partial charge in [-0.1, -0.05) is 176 Å². The summed E-state index contributed by atoms with van der Waals surface area (Å²) in [6, 6.07) is 68.8. The molecule has 0 bridgehead atoms. The fourth-order valence-corrected chi connectivity index (χ4v) is 9.12. The summed E-state index contributed by atoms with van der Waals surface area (Å²) < 4.78 is 0. The first-order valence-corrected chi connectivity index (χ1v) is 18.9. The predicted octanol–water partition coefficient (Wildman–Crippen LogP) is 12.5. The first-order valence-electron chi connectivity index (χ1n) is 18.9. The Morgan fingerprint density at radius 2 is 0.704 bits per heavy atom. The summed E-state index contributed by atoms with van der Waals surface area (Å²) in [5.41, 5.74) is 6.15. The van der Waals surface area contributed by atoms with E-state index < -0.39 is 0 Å². The molecule has 0 saturated carbocycles. The topological polar surface area (TPSA) is 36.1 Å². The standard InChI is InChI=1S/C51H37N3/c1-2-14-32(15-3-1)37-20-12-13-25-44(37)49-52-50(47-40-23-10-6-18-35(40)30-45-38-21-8-4-16-33(38)26-28-42(45)47)54-51(53-49)48-41-24-11-7-19-36(41)31-46-39-22-9-5-17-34(39)27-29-43(46)48/h1-31,49-54H. The molecule has 3 nitrogen and oxygen atoms in total. The summed E-state index contributed by atoms with van der Waals surface area (Å²) in [5, 5.41) is 27.5. The molecule has 3 N–H and O–H groups in total.